The van der Waals surface area contributed by atoms with E-state index in [4.69, 9.17) is 17.7 Å². The van der Waals surface area contributed by atoms with E-state index in [1.165, 1.54) is 23.9 Å². The van der Waals surface area contributed by atoms with Crippen molar-refractivity contribution >= 4 is 18.0 Å². The van der Waals surface area contributed by atoms with Crippen molar-refractivity contribution in [1.29, 1.82) is 0 Å². The number of methoxy groups -OCH3 is 2. The Balaban J connectivity index is 3.28. The van der Waals surface area contributed by atoms with Gasteiger partial charge in [0.25, 0.3) is 0 Å². The molecule has 0 unspecified atom stereocenters. The van der Waals surface area contributed by atoms with Crippen molar-refractivity contribution in [3.05, 3.63) is 17.7 Å². The van der Waals surface area contributed by atoms with Crippen molar-refractivity contribution in [3.8, 4) is 11.5 Å². The predicted octanol–water partition coefficient (Wildman–Crippen LogP) is 3.02. The molecule has 3 nitrogen and oxygen atoms in total. The van der Waals surface area contributed by atoms with Crippen LogP contribution in [-0.2, 0) is 0 Å². The molecule has 88 valence electrons. The van der Waals surface area contributed by atoms with E-state index in [2.05, 4.69) is 0 Å². The molecular weight excluding hydrogens is 224 g/mol. The van der Waals surface area contributed by atoms with Crippen LogP contribution in [-0.4, -0.2) is 26.1 Å². The second-order valence-corrected chi connectivity index (χ2v) is 4.14. The zero-order chi connectivity index (χ0) is 17.0. The van der Waals surface area contributed by atoms with Crippen LogP contribution in [0.5, 0.6) is 11.5 Å². The molecule has 1 aromatic carbocycles. The van der Waals surface area contributed by atoms with Crippen molar-refractivity contribution in [1.82, 2.24) is 0 Å². The highest BCUT2D eigenvalue weighted by Gasteiger charge is 2.10. The Morgan fingerprint density at radius 3 is 2.75 bits per heavy atom. The van der Waals surface area contributed by atoms with Gasteiger partial charge in [0, 0.05) is 0 Å². The number of ether oxygens (including phenoxy) is 2. The first kappa shape index (κ1) is 6.55. The lowest BCUT2D eigenvalue weighted by molar-refractivity contribution is 0.112. The molecule has 0 aromatic heterocycles. The monoisotopic (exact) mass is 246 g/mol. The Morgan fingerprint density at radius 2 is 2.12 bits per heavy atom. The fourth-order valence-corrected chi connectivity index (χ4v) is 2.00. The van der Waals surface area contributed by atoms with E-state index in [0.29, 0.717) is 16.9 Å². The average Bonchev–Trinajstić information content (AvgIpc) is 2.34. The van der Waals surface area contributed by atoms with Crippen LogP contribution in [0.2, 0.25) is 0 Å². The van der Waals surface area contributed by atoms with Crippen LogP contribution in [0.4, 0.5) is 0 Å². The number of carbonyl (C=O) groups excluding carboxylic acids is 1. The summed E-state index contributed by atoms with van der Waals surface area (Å²) in [6.45, 7) is 1.94. The van der Waals surface area contributed by atoms with Crippen molar-refractivity contribution in [2.45, 2.75) is 18.2 Å². The van der Waals surface area contributed by atoms with Crippen molar-refractivity contribution in [2.75, 3.05) is 19.8 Å². The lowest BCUT2D eigenvalue weighted by atomic mass is 10.2. The number of hydrogen-bond donors (Lipinski definition) is 0. The molecule has 0 saturated heterocycles. The SMILES string of the molecule is [2H]C([2H])([2H])Oc1cc(SCCC)c(OC([2H])([2H])[2H])cc1C=O. The predicted molar refractivity (Wildman–Crippen MR) is 65.9 cm³/mol. The van der Waals surface area contributed by atoms with Crippen molar-refractivity contribution in [3.63, 3.8) is 0 Å². The molecule has 1 rings (SSSR count). The fourth-order valence-electron chi connectivity index (χ4n) is 1.14. The topological polar surface area (TPSA) is 35.5 Å². The Labute approximate surface area is 109 Å². The molecule has 0 N–H and O–H groups in total. The molecule has 16 heavy (non-hydrogen) atoms. The quantitative estimate of drug-likeness (QED) is 0.571. The molecule has 0 heterocycles. The molecule has 0 amide bonds. The van der Waals surface area contributed by atoms with Gasteiger partial charge in [-0.2, -0.15) is 0 Å². The molecule has 0 fully saturated rings. The Kier molecular flexibility index (Phi) is 2.63. The molecular formula is C12H16O3S. The standard InChI is InChI=1S/C12H16O3S/c1-4-5-16-12-7-10(14-2)9(8-13)6-11(12)15-3/h6-8H,4-5H2,1-3H3/i2D3,3D3. The maximum atomic E-state index is 11.1. The number of rotatable bonds is 6. The minimum Gasteiger partial charge on any atom is -0.496 e. The first-order valence-corrected chi connectivity index (χ1v) is 5.68. The smallest absolute Gasteiger partial charge is 0.153 e. The molecule has 4 heteroatoms. The molecule has 0 aliphatic rings. The Morgan fingerprint density at radius 1 is 1.38 bits per heavy atom. The van der Waals surface area contributed by atoms with Crippen LogP contribution >= 0.6 is 11.8 Å². The maximum Gasteiger partial charge on any atom is 0.153 e. The summed E-state index contributed by atoms with van der Waals surface area (Å²) in [4.78, 5) is 11.5. The minimum absolute atomic E-state index is 0.00144. The third kappa shape index (κ3) is 2.92. The zero-order valence-electron chi connectivity index (χ0n) is 14.8. The third-order valence-electron chi connectivity index (χ3n) is 1.88. The van der Waals surface area contributed by atoms with Crippen LogP contribution < -0.4 is 9.47 Å². The molecule has 1 aromatic rings. The van der Waals surface area contributed by atoms with Crippen LogP contribution in [0, 0.1) is 0 Å². The Hall–Kier alpha value is -1.16. The number of hydrogen-bond acceptors (Lipinski definition) is 4. The van der Waals surface area contributed by atoms with Gasteiger partial charge in [-0.15, -0.1) is 11.8 Å². The molecule has 0 radical (unpaired) electrons. The van der Waals surface area contributed by atoms with Crippen LogP contribution in [0.25, 0.3) is 0 Å². The lowest BCUT2D eigenvalue weighted by Gasteiger charge is -2.11. The number of thioether (sulfide) groups is 1. The van der Waals surface area contributed by atoms with Gasteiger partial charge in [0.05, 0.1) is 32.8 Å². The van der Waals surface area contributed by atoms with Gasteiger partial charge in [0.1, 0.15) is 11.5 Å². The van der Waals surface area contributed by atoms with Gasteiger partial charge >= 0.3 is 0 Å². The van der Waals surface area contributed by atoms with E-state index in [-0.39, 0.29) is 17.1 Å². The summed E-state index contributed by atoms with van der Waals surface area (Å²) in [5, 5.41) is 0. The van der Waals surface area contributed by atoms with Crippen LogP contribution in [0.1, 0.15) is 31.9 Å². The normalized spacial score (nSPS) is 17.1. The van der Waals surface area contributed by atoms with Crippen LogP contribution in [0.15, 0.2) is 17.0 Å². The van der Waals surface area contributed by atoms with E-state index in [0.717, 1.165) is 6.42 Å². The van der Waals surface area contributed by atoms with E-state index < -0.39 is 14.1 Å². The maximum absolute atomic E-state index is 11.1. The van der Waals surface area contributed by atoms with Gasteiger partial charge in [-0.1, -0.05) is 6.92 Å². The number of benzene rings is 1. The molecule has 0 bridgehead atoms. The molecule has 0 saturated carbocycles. The summed E-state index contributed by atoms with van der Waals surface area (Å²) in [7, 11) is -5.38. The van der Waals surface area contributed by atoms with Crippen molar-refractivity contribution < 1.29 is 22.5 Å². The fraction of sp³-hybridized carbons (Fsp3) is 0.417. The van der Waals surface area contributed by atoms with Crippen molar-refractivity contribution in [2.24, 2.45) is 0 Å². The summed E-state index contributed by atoms with van der Waals surface area (Å²) in [5.74, 6) is 0.537. The highest BCUT2D eigenvalue weighted by molar-refractivity contribution is 7.99. The van der Waals surface area contributed by atoms with Gasteiger partial charge in [0.2, 0.25) is 0 Å². The first-order valence-electron chi connectivity index (χ1n) is 7.70. The van der Waals surface area contributed by atoms with Gasteiger partial charge in [0.15, 0.2) is 6.29 Å². The number of carbonyl (C=O) groups is 1. The van der Waals surface area contributed by atoms with Gasteiger partial charge in [-0.05, 0) is 24.3 Å². The second kappa shape index (κ2) is 6.43. The minimum atomic E-state index is -2.71. The van der Waals surface area contributed by atoms with E-state index in [9.17, 15) is 4.79 Å². The summed E-state index contributed by atoms with van der Waals surface area (Å²) in [6, 6.07) is 2.50. The molecule has 0 atom stereocenters. The highest BCUT2D eigenvalue weighted by atomic mass is 32.2. The summed E-state index contributed by atoms with van der Waals surface area (Å²) >= 11 is 1.29. The Bertz CT molecular complexity index is 527. The summed E-state index contributed by atoms with van der Waals surface area (Å²) < 4.78 is 52.5. The van der Waals surface area contributed by atoms with E-state index >= 15 is 0 Å². The van der Waals surface area contributed by atoms with E-state index in [1.807, 2.05) is 6.92 Å². The highest BCUT2D eigenvalue weighted by Crippen LogP contribution is 2.35. The second-order valence-electron chi connectivity index (χ2n) is 3.01. The average molecular weight is 246 g/mol. The van der Waals surface area contributed by atoms with Gasteiger partial charge in [-0.3, -0.25) is 4.79 Å². The summed E-state index contributed by atoms with van der Waals surface area (Å²) in [6.07, 6.45) is 1.21. The third-order valence-corrected chi connectivity index (χ3v) is 3.13. The molecule has 0 spiro atoms. The zero-order valence-corrected chi connectivity index (χ0v) is 9.60. The molecule has 0 aliphatic carbocycles. The van der Waals surface area contributed by atoms with Gasteiger partial charge < -0.3 is 9.47 Å². The lowest BCUT2D eigenvalue weighted by Crippen LogP contribution is -1.95. The number of aldehydes is 1. The molecule has 0 aliphatic heterocycles. The largest absolute Gasteiger partial charge is 0.496 e. The van der Waals surface area contributed by atoms with Gasteiger partial charge in [-0.25, -0.2) is 0 Å². The summed E-state index contributed by atoms with van der Waals surface area (Å²) in [5.41, 5.74) is -0.0868. The van der Waals surface area contributed by atoms with E-state index in [1.54, 1.807) is 0 Å². The first-order chi connectivity index (χ1) is 10.1. The van der Waals surface area contributed by atoms with Crippen LogP contribution in [0.3, 0.4) is 0 Å².